The maximum Gasteiger partial charge on any atom is 0.135 e. The molecule has 1 rings (SSSR count). The number of aromatic nitrogens is 2. The predicted molar refractivity (Wildman–Crippen MR) is 60.2 cm³/mol. The lowest BCUT2D eigenvalue weighted by atomic mass is 10.4. The lowest BCUT2D eigenvalue weighted by molar-refractivity contribution is 0.0588. The summed E-state index contributed by atoms with van der Waals surface area (Å²) >= 11 is 3.47. The Hall–Kier alpha value is -0.350. The summed E-state index contributed by atoms with van der Waals surface area (Å²) in [7, 11) is 0. The highest BCUT2D eigenvalue weighted by molar-refractivity contribution is 9.10. The normalized spacial score (nSPS) is 11.6. The highest BCUT2D eigenvalue weighted by Crippen LogP contribution is 2.19. The minimum Gasteiger partial charge on any atom is -0.371 e. The van der Waals surface area contributed by atoms with E-state index in [-0.39, 0.29) is 6.10 Å². The minimum absolute atomic E-state index is 0.242. The summed E-state index contributed by atoms with van der Waals surface area (Å²) in [5, 5.41) is 0. The van der Waals surface area contributed by atoms with Crippen LogP contribution in [0.25, 0.3) is 0 Å². The lowest BCUT2D eigenvalue weighted by Gasteiger charge is -2.14. The van der Waals surface area contributed by atoms with E-state index in [1.165, 1.54) is 0 Å². The van der Waals surface area contributed by atoms with Crippen molar-refractivity contribution in [2.45, 2.75) is 46.4 Å². The average Bonchev–Trinajstić information content (AvgIpc) is 2.43. The molecule has 1 aromatic rings. The Morgan fingerprint density at radius 2 is 2.07 bits per heavy atom. The van der Waals surface area contributed by atoms with Crippen molar-refractivity contribution in [3.05, 3.63) is 16.6 Å². The maximum atomic E-state index is 5.53. The zero-order valence-corrected chi connectivity index (χ0v) is 10.7. The molecule has 1 aromatic heterocycles. The van der Waals surface area contributed by atoms with Gasteiger partial charge in [-0.3, -0.25) is 0 Å². The molecule has 0 aliphatic rings. The lowest BCUT2D eigenvalue weighted by Crippen LogP contribution is -2.10. The van der Waals surface area contributed by atoms with Gasteiger partial charge in [-0.15, -0.1) is 0 Å². The molecule has 80 valence electrons. The number of nitrogens with zero attached hydrogens (tertiary/aromatic N) is 2. The average molecular weight is 261 g/mol. The van der Waals surface area contributed by atoms with Crippen LogP contribution in [0.5, 0.6) is 0 Å². The number of imidazole rings is 1. The van der Waals surface area contributed by atoms with Crippen LogP contribution < -0.4 is 0 Å². The molecule has 0 N–H and O–H groups in total. The van der Waals surface area contributed by atoms with Crippen molar-refractivity contribution >= 4 is 15.9 Å². The molecule has 3 nitrogen and oxygen atoms in total. The van der Waals surface area contributed by atoms with E-state index in [9.17, 15) is 0 Å². The smallest absolute Gasteiger partial charge is 0.135 e. The second kappa shape index (κ2) is 4.94. The number of hydrogen-bond acceptors (Lipinski definition) is 2. The molecule has 0 atom stereocenters. The minimum atomic E-state index is 0.242. The van der Waals surface area contributed by atoms with Crippen molar-refractivity contribution in [2.75, 3.05) is 0 Å². The van der Waals surface area contributed by atoms with E-state index >= 15 is 0 Å². The first-order valence-corrected chi connectivity index (χ1v) is 5.65. The Labute approximate surface area is 93.6 Å². The molecule has 0 fully saturated rings. The Balaban J connectivity index is 2.76. The van der Waals surface area contributed by atoms with Crippen molar-refractivity contribution in [3.8, 4) is 0 Å². The number of rotatable bonds is 4. The standard InChI is InChI=1S/C10H17BrN2O/c1-7(2)13-9(11)5-12-10(13)6-14-8(3)4/h5,7-8H,6H2,1-4H3. The third kappa shape index (κ3) is 2.82. The van der Waals surface area contributed by atoms with Gasteiger partial charge in [0.05, 0.1) is 12.3 Å². The van der Waals surface area contributed by atoms with Gasteiger partial charge in [-0.2, -0.15) is 0 Å². The van der Waals surface area contributed by atoms with Crippen LogP contribution >= 0.6 is 15.9 Å². The van der Waals surface area contributed by atoms with E-state index in [2.05, 4.69) is 39.3 Å². The fourth-order valence-electron chi connectivity index (χ4n) is 1.27. The summed E-state index contributed by atoms with van der Waals surface area (Å²) in [6.45, 7) is 8.88. The molecule has 0 spiro atoms. The van der Waals surface area contributed by atoms with E-state index in [4.69, 9.17) is 4.74 Å². The largest absolute Gasteiger partial charge is 0.371 e. The third-order valence-corrected chi connectivity index (χ3v) is 2.48. The molecule has 0 saturated heterocycles. The van der Waals surface area contributed by atoms with Gasteiger partial charge in [0.15, 0.2) is 0 Å². The highest BCUT2D eigenvalue weighted by atomic mass is 79.9. The van der Waals surface area contributed by atoms with Gasteiger partial charge in [-0.05, 0) is 43.6 Å². The molecule has 0 aliphatic carbocycles. The van der Waals surface area contributed by atoms with Gasteiger partial charge in [-0.25, -0.2) is 4.98 Å². The van der Waals surface area contributed by atoms with E-state index < -0.39 is 0 Å². The highest BCUT2D eigenvalue weighted by Gasteiger charge is 2.11. The summed E-state index contributed by atoms with van der Waals surface area (Å²) in [6, 6.07) is 0.401. The van der Waals surface area contributed by atoms with Gasteiger partial charge in [0.25, 0.3) is 0 Å². The Morgan fingerprint density at radius 3 is 2.57 bits per heavy atom. The Bertz CT molecular complexity index is 294. The fraction of sp³-hybridized carbons (Fsp3) is 0.700. The van der Waals surface area contributed by atoms with Crippen LogP contribution in [0.3, 0.4) is 0 Å². The Morgan fingerprint density at radius 1 is 1.43 bits per heavy atom. The maximum absolute atomic E-state index is 5.53. The van der Waals surface area contributed by atoms with E-state index in [1.54, 1.807) is 0 Å². The summed E-state index contributed by atoms with van der Waals surface area (Å²) in [6.07, 6.45) is 2.06. The molecule has 1 heterocycles. The first-order chi connectivity index (χ1) is 6.52. The molecule has 0 radical (unpaired) electrons. The molecular weight excluding hydrogens is 244 g/mol. The summed E-state index contributed by atoms with van der Waals surface area (Å²) < 4.78 is 8.66. The molecule has 0 aromatic carbocycles. The summed E-state index contributed by atoms with van der Waals surface area (Å²) in [4.78, 5) is 4.30. The van der Waals surface area contributed by atoms with Crippen molar-refractivity contribution < 1.29 is 4.74 Å². The van der Waals surface area contributed by atoms with E-state index in [0.29, 0.717) is 12.6 Å². The SMILES string of the molecule is CC(C)OCc1ncc(Br)n1C(C)C. The second-order valence-corrected chi connectivity index (χ2v) is 4.63. The van der Waals surface area contributed by atoms with Crippen LogP contribution in [0, 0.1) is 0 Å². The predicted octanol–water partition coefficient (Wildman–Crippen LogP) is 3.15. The van der Waals surface area contributed by atoms with Crippen LogP contribution in [0.1, 0.15) is 39.6 Å². The molecule has 14 heavy (non-hydrogen) atoms. The molecular formula is C10H17BrN2O. The van der Waals surface area contributed by atoms with Gasteiger partial charge < -0.3 is 9.30 Å². The van der Waals surface area contributed by atoms with Gasteiger partial charge in [0, 0.05) is 6.04 Å². The van der Waals surface area contributed by atoms with Crippen LogP contribution in [0.2, 0.25) is 0 Å². The first kappa shape index (κ1) is 11.7. The molecule has 0 unspecified atom stereocenters. The second-order valence-electron chi connectivity index (χ2n) is 3.82. The van der Waals surface area contributed by atoms with Crippen molar-refractivity contribution in [3.63, 3.8) is 0 Å². The fourth-order valence-corrected chi connectivity index (χ4v) is 1.98. The van der Waals surface area contributed by atoms with Gasteiger partial charge in [-0.1, -0.05) is 0 Å². The molecule has 0 saturated carbocycles. The molecule has 0 amide bonds. The molecule has 4 heteroatoms. The van der Waals surface area contributed by atoms with Crippen molar-refractivity contribution in [1.29, 1.82) is 0 Å². The zero-order valence-electron chi connectivity index (χ0n) is 9.12. The number of ether oxygens (including phenoxy) is 1. The van der Waals surface area contributed by atoms with Crippen molar-refractivity contribution in [2.24, 2.45) is 0 Å². The summed E-state index contributed by atoms with van der Waals surface area (Å²) in [5.74, 6) is 0.973. The zero-order chi connectivity index (χ0) is 10.7. The first-order valence-electron chi connectivity index (χ1n) is 4.85. The summed E-state index contributed by atoms with van der Waals surface area (Å²) in [5.41, 5.74) is 0. The van der Waals surface area contributed by atoms with E-state index in [1.807, 2.05) is 20.0 Å². The molecule has 0 aliphatic heterocycles. The van der Waals surface area contributed by atoms with Gasteiger partial charge in [0.1, 0.15) is 17.0 Å². The Kier molecular flexibility index (Phi) is 4.13. The van der Waals surface area contributed by atoms with Crippen LogP contribution in [0.15, 0.2) is 10.8 Å². The molecule has 0 bridgehead atoms. The third-order valence-electron chi connectivity index (χ3n) is 1.89. The van der Waals surface area contributed by atoms with Crippen LogP contribution in [-0.4, -0.2) is 15.7 Å². The monoisotopic (exact) mass is 260 g/mol. The van der Waals surface area contributed by atoms with E-state index in [0.717, 1.165) is 10.4 Å². The number of halogens is 1. The van der Waals surface area contributed by atoms with Gasteiger partial charge >= 0.3 is 0 Å². The van der Waals surface area contributed by atoms with Crippen LogP contribution in [-0.2, 0) is 11.3 Å². The topological polar surface area (TPSA) is 27.1 Å². The van der Waals surface area contributed by atoms with Gasteiger partial charge in [0.2, 0.25) is 0 Å². The number of hydrogen-bond donors (Lipinski definition) is 0. The quantitative estimate of drug-likeness (QED) is 0.832. The van der Waals surface area contributed by atoms with Crippen molar-refractivity contribution in [1.82, 2.24) is 9.55 Å². The van der Waals surface area contributed by atoms with Crippen LogP contribution in [0.4, 0.5) is 0 Å².